The van der Waals surface area contributed by atoms with Gasteiger partial charge < -0.3 is 15.4 Å². The van der Waals surface area contributed by atoms with Crippen LogP contribution < -0.4 is 5.32 Å². The van der Waals surface area contributed by atoms with Crippen LogP contribution in [0.4, 0.5) is 4.39 Å². The Morgan fingerprint density at radius 3 is 2.74 bits per heavy atom. The van der Waals surface area contributed by atoms with E-state index in [1.807, 2.05) is 13.0 Å². The van der Waals surface area contributed by atoms with Crippen molar-refractivity contribution in [2.75, 3.05) is 13.1 Å². The van der Waals surface area contributed by atoms with Crippen LogP contribution in [0.3, 0.4) is 0 Å². The molecule has 1 aliphatic heterocycles. The molecule has 4 N–H and O–H groups in total. The number of hydrogen-bond donors (Lipinski definition) is 4. The van der Waals surface area contributed by atoms with Gasteiger partial charge in [0.25, 0.3) is 0 Å². The molecule has 1 aliphatic rings. The number of piperidine rings is 1. The molecule has 7 heteroatoms. The summed E-state index contributed by atoms with van der Waals surface area (Å²) >= 11 is 0. The number of aromatic hydroxyl groups is 1. The number of aryl methyl sites for hydroxylation is 1. The van der Waals surface area contributed by atoms with Crippen molar-refractivity contribution < 1.29 is 9.50 Å². The van der Waals surface area contributed by atoms with E-state index in [0.29, 0.717) is 28.9 Å². The monoisotopic (exact) mass is 417 g/mol. The molecule has 1 saturated heterocycles. The third-order valence-electron chi connectivity index (χ3n) is 5.86. The Morgan fingerprint density at radius 1 is 1.13 bits per heavy atom. The molecular weight excluding hydrogens is 393 g/mol. The highest BCUT2D eigenvalue weighted by molar-refractivity contribution is 5.94. The number of rotatable bonds is 4. The maximum absolute atomic E-state index is 15.4. The van der Waals surface area contributed by atoms with E-state index in [4.69, 9.17) is 0 Å². The Labute approximate surface area is 179 Å². The molecule has 4 aromatic rings. The molecule has 0 aliphatic carbocycles. The van der Waals surface area contributed by atoms with E-state index in [1.54, 1.807) is 30.5 Å². The molecule has 0 amide bonds. The summed E-state index contributed by atoms with van der Waals surface area (Å²) in [6.07, 6.45) is 6.70. The first kappa shape index (κ1) is 19.5. The van der Waals surface area contributed by atoms with Crippen LogP contribution in [0.5, 0.6) is 5.75 Å². The molecule has 5 rings (SSSR count). The first-order valence-corrected chi connectivity index (χ1v) is 10.6. The third kappa shape index (κ3) is 3.61. The lowest BCUT2D eigenvalue weighted by Gasteiger charge is -2.14. The summed E-state index contributed by atoms with van der Waals surface area (Å²) in [5, 5.41) is 21.0. The van der Waals surface area contributed by atoms with E-state index < -0.39 is 0 Å². The number of hydrogen-bond acceptors (Lipinski definition) is 4. The normalized spacial score (nSPS) is 14.3. The first-order chi connectivity index (χ1) is 15.1. The SMILES string of the molecule is CCc1cc(O)ccc1-c1ccc2c(-c3ncc(C=C4CCNCC4)[nH]3)[nH]nc2c1F. The quantitative estimate of drug-likeness (QED) is 0.384. The van der Waals surface area contributed by atoms with Crippen LogP contribution in [-0.2, 0) is 6.42 Å². The van der Waals surface area contributed by atoms with Crippen LogP contribution in [-0.4, -0.2) is 38.4 Å². The molecule has 0 unspecified atom stereocenters. The second-order valence-corrected chi connectivity index (χ2v) is 7.86. The molecular formula is C24H24FN5O. The lowest BCUT2D eigenvalue weighted by Crippen LogP contribution is -2.22. The van der Waals surface area contributed by atoms with Crippen LogP contribution in [0.25, 0.3) is 39.6 Å². The molecule has 0 bridgehead atoms. The number of fused-ring (bicyclic) bond motifs is 1. The molecule has 0 atom stereocenters. The van der Waals surface area contributed by atoms with Gasteiger partial charge in [-0.25, -0.2) is 9.37 Å². The second-order valence-electron chi connectivity index (χ2n) is 7.86. The zero-order chi connectivity index (χ0) is 21.4. The van der Waals surface area contributed by atoms with E-state index in [-0.39, 0.29) is 17.1 Å². The third-order valence-corrected chi connectivity index (χ3v) is 5.86. The van der Waals surface area contributed by atoms with Crippen LogP contribution in [0.15, 0.2) is 42.1 Å². The van der Waals surface area contributed by atoms with Crippen molar-refractivity contribution in [1.82, 2.24) is 25.5 Å². The summed E-state index contributed by atoms with van der Waals surface area (Å²) in [7, 11) is 0. The Balaban J connectivity index is 1.52. The van der Waals surface area contributed by atoms with Crippen molar-refractivity contribution in [2.45, 2.75) is 26.2 Å². The van der Waals surface area contributed by atoms with Gasteiger partial charge in [-0.3, -0.25) is 5.10 Å². The van der Waals surface area contributed by atoms with Crippen molar-refractivity contribution in [3.05, 3.63) is 59.2 Å². The zero-order valence-electron chi connectivity index (χ0n) is 17.3. The number of phenolic OH excluding ortho intramolecular Hbond substituents is 1. The topological polar surface area (TPSA) is 89.6 Å². The van der Waals surface area contributed by atoms with Gasteiger partial charge in [0.05, 0.1) is 11.9 Å². The summed E-state index contributed by atoms with van der Waals surface area (Å²) in [6, 6.07) is 8.64. The predicted molar refractivity (Wildman–Crippen MR) is 120 cm³/mol. The minimum atomic E-state index is -0.385. The van der Waals surface area contributed by atoms with Crippen LogP contribution in [0.1, 0.15) is 31.0 Å². The summed E-state index contributed by atoms with van der Waals surface area (Å²) in [4.78, 5) is 7.80. The van der Waals surface area contributed by atoms with Gasteiger partial charge in [0, 0.05) is 10.9 Å². The molecule has 2 aromatic heterocycles. The summed E-state index contributed by atoms with van der Waals surface area (Å²) in [5.74, 6) is 0.426. The van der Waals surface area contributed by atoms with Crippen molar-refractivity contribution in [2.24, 2.45) is 0 Å². The van der Waals surface area contributed by atoms with E-state index in [9.17, 15) is 5.11 Å². The molecule has 31 heavy (non-hydrogen) atoms. The average Bonchev–Trinajstić information content (AvgIpc) is 3.42. The van der Waals surface area contributed by atoms with E-state index >= 15 is 4.39 Å². The van der Waals surface area contributed by atoms with Gasteiger partial charge in [-0.1, -0.05) is 24.6 Å². The Bertz CT molecular complexity index is 1280. The highest BCUT2D eigenvalue weighted by Crippen LogP contribution is 2.35. The van der Waals surface area contributed by atoms with Crippen LogP contribution >= 0.6 is 0 Å². The van der Waals surface area contributed by atoms with Crippen molar-refractivity contribution in [3.63, 3.8) is 0 Å². The number of halogens is 1. The first-order valence-electron chi connectivity index (χ1n) is 10.6. The molecule has 0 radical (unpaired) electrons. The number of imidazole rings is 1. The van der Waals surface area contributed by atoms with E-state index in [0.717, 1.165) is 42.8 Å². The number of benzene rings is 2. The fraction of sp³-hybridized carbons (Fsp3) is 0.250. The highest BCUT2D eigenvalue weighted by Gasteiger charge is 2.18. The highest BCUT2D eigenvalue weighted by atomic mass is 19.1. The van der Waals surface area contributed by atoms with Crippen molar-refractivity contribution >= 4 is 17.0 Å². The summed E-state index contributed by atoms with van der Waals surface area (Å²) in [5.41, 5.74) is 5.38. The van der Waals surface area contributed by atoms with E-state index in [2.05, 4.69) is 31.6 Å². The minimum Gasteiger partial charge on any atom is -0.508 e. The largest absolute Gasteiger partial charge is 0.508 e. The summed E-state index contributed by atoms with van der Waals surface area (Å²) in [6.45, 7) is 3.98. The smallest absolute Gasteiger partial charge is 0.159 e. The number of aromatic amines is 2. The molecule has 0 saturated carbocycles. The maximum atomic E-state index is 15.4. The fourth-order valence-corrected chi connectivity index (χ4v) is 4.22. The zero-order valence-corrected chi connectivity index (χ0v) is 17.3. The van der Waals surface area contributed by atoms with Gasteiger partial charge in [-0.2, -0.15) is 5.10 Å². The molecule has 6 nitrogen and oxygen atoms in total. The van der Waals surface area contributed by atoms with Crippen LogP contribution in [0.2, 0.25) is 0 Å². The van der Waals surface area contributed by atoms with Crippen molar-refractivity contribution in [1.29, 1.82) is 0 Å². The fourth-order valence-electron chi connectivity index (χ4n) is 4.22. The summed E-state index contributed by atoms with van der Waals surface area (Å²) < 4.78 is 15.4. The van der Waals surface area contributed by atoms with Gasteiger partial charge >= 0.3 is 0 Å². The van der Waals surface area contributed by atoms with Gasteiger partial charge in [-0.05, 0) is 67.8 Å². The van der Waals surface area contributed by atoms with Crippen molar-refractivity contribution in [3.8, 4) is 28.4 Å². The molecule has 2 aromatic carbocycles. The number of nitrogens with one attached hydrogen (secondary N) is 3. The van der Waals surface area contributed by atoms with Crippen LogP contribution in [0, 0.1) is 5.82 Å². The van der Waals surface area contributed by atoms with Gasteiger partial charge in [-0.15, -0.1) is 0 Å². The molecule has 3 heterocycles. The number of nitrogens with zero attached hydrogens (tertiary/aromatic N) is 2. The number of phenols is 1. The second kappa shape index (κ2) is 8.00. The van der Waals surface area contributed by atoms with Gasteiger partial charge in [0.15, 0.2) is 11.6 Å². The Morgan fingerprint density at radius 2 is 1.94 bits per heavy atom. The predicted octanol–water partition coefficient (Wildman–Crippen LogP) is 4.79. The standard InChI is InChI=1S/C24H24FN5O/c1-2-15-12-17(31)3-4-18(15)19-5-6-20-22(21(19)25)29-30-23(20)24-27-13-16(28-24)11-14-7-9-26-10-8-14/h3-6,11-13,26,31H,2,7-10H2,1H3,(H,27,28)(H,29,30). The molecule has 158 valence electrons. The Kier molecular flexibility index (Phi) is 5.03. The molecule has 1 fully saturated rings. The maximum Gasteiger partial charge on any atom is 0.159 e. The Hall–Kier alpha value is -3.45. The lowest BCUT2D eigenvalue weighted by molar-refractivity contribution is 0.474. The van der Waals surface area contributed by atoms with Gasteiger partial charge in [0.1, 0.15) is 17.0 Å². The lowest BCUT2D eigenvalue weighted by atomic mass is 9.96. The average molecular weight is 417 g/mol. The van der Waals surface area contributed by atoms with E-state index in [1.165, 1.54) is 5.57 Å². The number of aromatic nitrogens is 4. The molecule has 0 spiro atoms. The number of H-pyrrole nitrogens is 2. The minimum absolute atomic E-state index is 0.178. The van der Waals surface area contributed by atoms with Gasteiger partial charge in [0.2, 0.25) is 0 Å².